The Morgan fingerprint density at radius 3 is 2.17 bits per heavy atom. The van der Waals surface area contributed by atoms with Gasteiger partial charge in [0.05, 0.1) is 22.8 Å². The topological polar surface area (TPSA) is 39.1 Å². The van der Waals surface area contributed by atoms with Crippen molar-refractivity contribution in [2.45, 2.75) is 84.5 Å². The number of alkyl halides is 6. The zero-order valence-corrected chi connectivity index (χ0v) is 27.5. The van der Waals surface area contributed by atoms with Crippen LogP contribution >= 0.6 is 0 Å². The number of halogens is 6. The van der Waals surface area contributed by atoms with E-state index in [4.69, 9.17) is 0 Å². The van der Waals surface area contributed by atoms with Crippen LogP contribution in [-0.4, -0.2) is 13.1 Å². The van der Waals surface area contributed by atoms with Crippen LogP contribution < -0.4 is 10.2 Å². The highest BCUT2D eigenvalue weighted by Gasteiger charge is 2.42. The number of hydrogen-bond donors (Lipinski definition) is 1. The number of nitriles is 1. The monoisotopic (exact) mass is 643 g/mol. The van der Waals surface area contributed by atoms with E-state index in [9.17, 15) is 31.6 Å². The maximum Gasteiger partial charge on any atom is 0.416 e. The second-order valence-corrected chi connectivity index (χ2v) is 13.1. The van der Waals surface area contributed by atoms with E-state index in [1.54, 1.807) is 38.2 Å². The van der Waals surface area contributed by atoms with Crippen LogP contribution in [0.2, 0.25) is 0 Å². The summed E-state index contributed by atoms with van der Waals surface area (Å²) < 4.78 is 81.7. The lowest BCUT2D eigenvalue weighted by molar-refractivity contribution is -0.138. The molecule has 0 fully saturated rings. The Morgan fingerprint density at radius 1 is 1.00 bits per heavy atom. The molecule has 248 valence electrons. The summed E-state index contributed by atoms with van der Waals surface area (Å²) >= 11 is 0. The van der Waals surface area contributed by atoms with Crippen LogP contribution in [0.15, 0.2) is 84.1 Å². The second-order valence-electron chi connectivity index (χ2n) is 13.1. The average Bonchev–Trinajstić information content (AvgIpc) is 3.17. The van der Waals surface area contributed by atoms with Crippen molar-refractivity contribution in [3.8, 4) is 6.07 Å². The van der Waals surface area contributed by atoms with Gasteiger partial charge in [-0.1, -0.05) is 61.1 Å². The molecule has 0 unspecified atom stereocenters. The average molecular weight is 644 g/mol. The summed E-state index contributed by atoms with van der Waals surface area (Å²) in [5.41, 5.74) is 0.604. The third-order valence-corrected chi connectivity index (χ3v) is 8.54. The van der Waals surface area contributed by atoms with Crippen molar-refractivity contribution in [3.63, 3.8) is 0 Å². The van der Waals surface area contributed by atoms with Gasteiger partial charge in [-0.05, 0) is 90.1 Å². The Balaban J connectivity index is 1.98. The van der Waals surface area contributed by atoms with Crippen molar-refractivity contribution < 1.29 is 26.3 Å². The molecule has 0 amide bonds. The van der Waals surface area contributed by atoms with Crippen molar-refractivity contribution in [1.29, 1.82) is 5.26 Å². The van der Waals surface area contributed by atoms with Crippen molar-refractivity contribution in [3.05, 3.63) is 106 Å². The van der Waals surface area contributed by atoms with Gasteiger partial charge >= 0.3 is 12.4 Å². The van der Waals surface area contributed by atoms with Crippen LogP contribution in [0.3, 0.4) is 0 Å². The van der Waals surface area contributed by atoms with E-state index in [1.165, 1.54) is 18.2 Å². The Bertz CT molecular complexity index is 1560. The number of anilines is 2. The first-order valence-electron chi connectivity index (χ1n) is 15.4. The molecule has 2 aromatic carbocycles. The minimum absolute atomic E-state index is 0.253. The number of allylic oxidation sites excluding steroid dienone is 7. The Kier molecular flexibility index (Phi) is 11.0. The van der Waals surface area contributed by atoms with Gasteiger partial charge in [-0.2, -0.15) is 31.6 Å². The van der Waals surface area contributed by atoms with Crippen molar-refractivity contribution in [1.82, 2.24) is 0 Å². The summed E-state index contributed by atoms with van der Waals surface area (Å²) in [6.45, 7) is 18.7. The molecule has 0 atom stereocenters. The van der Waals surface area contributed by atoms with Gasteiger partial charge in [0.2, 0.25) is 0 Å². The molecule has 3 nitrogen and oxygen atoms in total. The van der Waals surface area contributed by atoms with Crippen LogP contribution in [-0.2, 0) is 23.2 Å². The zero-order chi connectivity index (χ0) is 34.7. The molecule has 46 heavy (non-hydrogen) atoms. The van der Waals surface area contributed by atoms with Crippen LogP contribution in [0.5, 0.6) is 0 Å². The van der Waals surface area contributed by atoms with Gasteiger partial charge < -0.3 is 10.2 Å². The predicted octanol–water partition coefficient (Wildman–Crippen LogP) is 11.1. The van der Waals surface area contributed by atoms with E-state index in [2.05, 4.69) is 31.8 Å². The van der Waals surface area contributed by atoms with Gasteiger partial charge in [0, 0.05) is 41.0 Å². The lowest BCUT2D eigenvalue weighted by atomic mass is 9.76. The quantitative estimate of drug-likeness (QED) is 0.150. The summed E-state index contributed by atoms with van der Waals surface area (Å²) in [5, 5.41) is 13.2. The minimum Gasteiger partial charge on any atom is -0.385 e. The molecule has 0 aliphatic carbocycles. The van der Waals surface area contributed by atoms with Crippen LogP contribution in [0.4, 0.5) is 37.7 Å². The minimum atomic E-state index is -4.52. The molecule has 1 N–H and O–H groups in total. The van der Waals surface area contributed by atoms with Gasteiger partial charge in [0.25, 0.3) is 0 Å². The Labute approximate surface area is 269 Å². The molecule has 0 bridgehead atoms. The number of benzene rings is 2. The molecule has 0 radical (unpaired) electrons. The van der Waals surface area contributed by atoms with Crippen LogP contribution in [0.1, 0.15) is 83.6 Å². The first-order valence-corrected chi connectivity index (χ1v) is 15.4. The van der Waals surface area contributed by atoms with Gasteiger partial charge in [-0.3, -0.25) is 0 Å². The highest BCUT2D eigenvalue weighted by Crippen LogP contribution is 2.49. The molecule has 2 aromatic rings. The summed E-state index contributed by atoms with van der Waals surface area (Å²) in [7, 11) is 0. The Hall–Kier alpha value is -3.93. The molecular formula is C37H43F6N3. The Morgan fingerprint density at radius 2 is 1.61 bits per heavy atom. The van der Waals surface area contributed by atoms with E-state index in [-0.39, 0.29) is 5.57 Å². The predicted molar refractivity (Wildman–Crippen MR) is 175 cm³/mol. The van der Waals surface area contributed by atoms with Crippen molar-refractivity contribution >= 4 is 11.4 Å². The molecule has 9 heteroatoms. The fourth-order valence-electron chi connectivity index (χ4n) is 5.57. The summed E-state index contributed by atoms with van der Waals surface area (Å²) in [6.07, 6.45) is -0.853. The van der Waals surface area contributed by atoms with E-state index in [0.717, 1.165) is 36.7 Å². The third kappa shape index (κ3) is 8.07. The number of nitrogens with zero attached hydrogens (tertiary/aromatic N) is 2. The van der Waals surface area contributed by atoms with Gasteiger partial charge in [-0.15, -0.1) is 0 Å². The van der Waals surface area contributed by atoms with E-state index in [1.807, 2.05) is 25.7 Å². The first kappa shape index (κ1) is 36.5. The number of hydrogen-bond acceptors (Lipinski definition) is 3. The van der Waals surface area contributed by atoms with E-state index >= 15 is 0 Å². The molecule has 1 heterocycles. The molecule has 0 spiro atoms. The van der Waals surface area contributed by atoms with E-state index < -0.39 is 34.3 Å². The smallest absolute Gasteiger partial charge is 0.385 e. The van der Waals surface area contributed by atoms with E-state index in [0.29, 0.717) is 47.1 Å². The lowest BCUT2D eigenvalue weighted by Crippen LogP contribution is -2.26. The SMILES string of the molecule is C=C(/C=C/C(C#N)=C/C=C1/N(CCC)c2ccc(C(F)(F)F)cc2C1(C)C)C(C)(C)c1cc(C(F)(F)F)ccc1NCCC(C)C. The first-order chi connectivity index (χ1) is 21.2. The zero-order valence-electron chi connectivity index (χ0n) is 27.5. The number of rotatable bonds is 11. The maximum atomic E-state index is 13.7. The fourth-order valence-corrected chi connectivity index (χ4v) is 5.57. The number of fused-ring (bicyclic) bond motifs is 1. The molecule has 0 saturated heterocycles. The standard InChI is InChI=1S/C37H43F6N3/c1-9-20-46-32-16-14-28(37(41,42)43)22-30(32)35(7,8)33(46)17-12-26(23-44)11-10-25(4)34(5,6)29-21-27(36(38,39)40)13-15-31(29)45-19-18-24(2)3/h10-17,21-22,24,45H,4,9,18-20H2,1-3,5-8H3/b11-10+,26-12-,33-17+. The summed E-state index contributed by atoms with van der Waals surface area (Å²) in [4.78, 5) is 1.98. The second kappa shape index (κ2) is 13.8. The highest BCUT2D eigenvalue weighted by molar-refractivity contribution is 5.71. The van der Waals surface area contributed by atoms with Crippen molar-refractivity contribution in [2.75, 3.05) is 23.3 Å². The van der Waals surface area contributed by atoms with Crippen molar-refractivity contribution in [2.24, 2.45) is 5.92 Å². The van der Waals surface area contributed by atoms with Gasteiger partial charge in [-0.25, -0.2) is 0 Å². The largest absolute Gasteiger partial charge is 0.416 e. The molecule has 0 aromatic heterocycles. The molecule has 1 aliphatic heterocycles. The van der Waals surface area contributed by atoms with Crippen LogP contribution in [0.25, 0.3) is 0 Å². The lowest BCUT2D eigenvalue weighted by Gasteiger charge is -2.30. The summed E-state index contributed by atoms with van der Waals surface area (Å²) in [6, 6.07) is 9.57. The number of nitrogens with one attached hydrogen (secondary N) is 1. The molecular weight excluding hydrogens is 600 g/mol. The highest BCUT2D eigenvalue weighted by atomic mass is 19.4. The normalized spacial score (nSPS) is 16.3. The fraction of sp³-hybridized carbons (Fsp3) is 0.432. The van der Waals surface area contributed by atoms with Gasteiger partial charge in [0.1, 0.15) is 0 Å². The maximum absolute atomic E-state index is 13.7. The van der Waals surface area contributed by atoms with Crippen LogP contribution in [0, 0.1) is 17.2 Å². The summed E-state index contributed by atoms with van der Waals surface area (Å²) in [5.74, 6) is 0.415. The third-order valence-electron chi connectivity index (χ3n) is 8.54. The molecule has 0 saturated carbocycles. The van der Waals surface area contributed by atoms with Gasteiger partial charge in [0.15, 0.2) is 0 Å². The molecule has 1 aliphatic rings. The molecule has 3 rings (SSSR count).